The van der Waals surface area contributed by atoms with E-state index in [1.165, 1.54) is 4.08 Å². The van der Waals surface area contributed by atoms with Crippen LogP contribution in [0.1, 0.15) is 11.1 Å². The van der Waals surface area contributed by atoms with Gasteiger partial charge in [0.05, 0.1) is 12.8 Å². The highest BCUT2D eigenvalue weighted by atomic mass is 127. The second-order valence-corrected chi connectivity index (χ2v) is 13.5. The summed E-state index contributed by atoms with van der Waals surface area (Å²) in [6, 6.07) is 12.6. The van der Waals surface area contributed by atoms with Crippen molar-refractivity contribution in [1.82, 2.24) is 4.90 Å². The summed E-state index contributed by atoms with van der Waals surface area (Å²) in [7, 11) is -0.837. The predicted octanol–water partition coefficient (Wildman–Crippen LogP) is 5.66. The van der Waals surface area contributed by atoms with Gasteiger partial charge in [-0.15, -0.1) is 0 Å². The Labute approximate surface area is 206 Å². The fourth-order valence-corrected chi connectivity index (χ4v) is 6.37. The lowest BCUT2D eigenvalue weighted by atomic mass is 9.98. The molecule has 34 heavy (non-hydrogen) atoms. The first kappa shape index (κ1) is 24.9. The van der Waals surface area contributed by atoms with Crippen molar-refractivity contribution in [3.05, 3.63) is 63.2 Å². The molecule has 2 aliphatic rings. The van der Waals surface area contributed by atoms with E-state index in [-0.39, 0.29) is 11.7 Å². The molecule has 0 aliphatic carbocycles. The second-order valence-electron chi connectivity index (χ2n) is 8.33. The van der Waals surface area contributed by atoms with Crippen LogP contribution in [0.25, 0.3) is 0 Å². The van der Waals surface area contributed by atoms with Gasteiger partial charge in [-0.3, -0.25) is 0 Å². The molecular weight excluding hydrogens is 577 g/mol. The number of aliphatic imine (C=N–C) groups is 2. The molecule has 180 valence electrons. The van der Waals surface area contributed by atoms with Crippen molar-refractivity contribution >= 4 is 54.5 Å². The Bertz CT molecular complexity index is 1260. The van der Waals surface area contributed by atoms with Gasteiger partial charge in [0.25, 0.3) is 0 Å². The minimum atomic E-state index is -4.51. The maximum Gasteiger partial charge on any atom is 0.420 e. The zero-order valence-corrected chi connectivity index (χ0v) is 22.0. The highest BCUT2D eigenvalue weighted by Gasteiger charge is 2.40. The Balaban J connectivity index is 1.71. The third-order valence-electron chi connectivity index (χ3n) is 5.54. The largest absolute Gasteiger partial charge is 0.497 e. The number of fused-ring (bicyclic) bond motifs is 1. The van der Waals surface area contributed by atoms with Crippen molar-refractivity contribution in [1.29, 1.82) is 0 Å². The molecule has 10 heteroatoms. The molecule has 0 saturated carbocycles. The van der Waals surface area contributed by atoms with Crippen LogP contribution >= 0.6 is 27.9 Å². The van der Waals surface area contributed by atoms with E-state index in [4.69, 9.17) is 4.74 Å². The molecule has 0 spiro atoms. The van der Waals surface area contributed by atoms with Gasteiger partial charge in [-0.1, -0.05) is 26.8 Å². The fourth-order valence-electron chi connectivity index (χ4n) is 3.73. The van der Waals surface area contributed by atoms with Crippen molar-refractivity contribution in [3.8, 4) is 5.75 Å². The smallest absolute Gasteiger partial charge is 0.420 e. The van der Waals surface area contributed by atoms with Gasteiger partial charge in [0.15, 0.2) is 5.84 Å². The maximum atomic E-state index is 14.0. The molecule has 0 aromatic heterocycles. The molecule has 0 radical (unpaired) electrons. The highest BCUT2D eigenvalue weighted by Crippen LogP contribution is 2.35. The fraction of sp³-hybridized carbons (Fsp3) is 0.292. The molecule has 4 rings (SSSR count). The molecule has 0 bridgehead atoms. The minimum Gasteiger partial charge on any atom is -0.497 e. The average Bonchev–Trinajstić information content (AvgIpc) is 3.00. The lowest BCUT2D eigenvalue weighted by Crippen LogP contribution is -2.40. The molecule has 2 heterocycles. The Kier molecular flexibility index (Phi) is 7.14. The Morgan fingerprint density at radius 3 is 2.50 bits per heavy atom. The molecule has 5 nitrogen and oxygen atoms in total. The molecule has 0 unspecified atom stereocenters. The normalized spacial score (nSPS) is 17.9. The van der Waals surface area contributed by atoms with Crippen LogP contribution in [0.2, 0.25) is 0 Å². The van der Waals surface area contributed by atoms with Gasteiger partial charge in [-0.25, -0.2) is 9.98 Å². The van der Waals surface area contributed by atoms with E-state index >= 15 is 0 Å². The number of ether oxygens (including phenoxy) is 1. The zero-order valence-electron chi connectivity index (χ0n) is 18.9. The van der Waals surface area contributed by atoms with Gasteiger partial charge in [-0.05, 0) is 71.4 Å². The van der Waals surface area contributed by atoms with Crippen LogP contribution in [0.3, 0.4) is 0 Å². The van der Waals surface area contributed by atoms with Gasteiger partial charge in [-0.2, -0.15) is 13.2 Å². The van der Waals surface area contributed by atoms with E-state index < -0.39 is 39.6 Å². The summed E-state index contributed by atoms with van der Waals surface area (Å²) in [5.41, 5.74) is 1.87. The number of rotatable bonds is 3. The predicted molar refractivity (Wildman–Crippen MR) is 141 cm³/mol. The van der Waals surface area contributed by atoms with Gasteiger partial charge < -0.3 is 14.2 Å². The molecule has 0 N–H and O–H groups in total. The van der Waals surface area contributed by atoms with Crippen molar-refractivity contribution in [2.45, 2.75) is 19.1 Å². The lowest BCUT2D eigenvalue weighted by Gasteiger charge is -2.32. The number of hydrogen-bond donors (Lipinski definition) is 0. The number of halogens is 4. The third kappa shape index (κ3) is 5.68. The van der Waals surface area contributed by atoms with Crippen molar-refractivity contribution in [2.75, 3.05) is 27.0 Å². The van der Waals surface area contributed by atoms with E-state index in [9.17, 15) is 17.7 Å². The number of benzene rings is 2. The number of hydrogen-bond acceptors (Lipinski definition) is 4. The van der Waals surface area contributed by atoms with Crippen LogP contribution in [0.4, 0.5) is 18.9 Å². The lowest BCUT2D eigenvalue weighted by molar-refractivity contribution is -0.0867. The first-order chi connectivity index (χ1) is 16.0. The van der Waals surface area contributed by atoms with Crippen LogP contribution in [-0.2, 0) is 17.5 Å². The summed E-state index contributed by atoms with van der Waals surface area (Å²) >= 11 is -1.04. The standard InChI is InChI=1S/C24H24F3IN3O2P/c1-33-19-7-4-16-10-11-31(15-17(16)12-19)23-21(24(25,26)27)13-28-14-22(30-23)29-18-5-8-20(9-6-18)34(2,3)32/h4-9,12-14H,10-11,15H2,1-3H3. The quantitative estimate of drug-likeness (QED) is 0.337. The van der Waals surface area contributed by atoms with Crippen LogP contribution in [0.5, 0.6) is 5.75 Å². The molecule has 2 aromatic rings. The van der Waals surface area contributed by atoms with E-state index in [0.29, 0.717) is 30.9 Å². The molecular formula is C24H24F3IN3O2P. The SMILES string of the molecule is COc1ccc2c(c1)CN(C1=NC(=Nc3ccc(P(C)(C)=O)cc3)C=IC=C1C(F)(F)F)CC2. The topological polar surface area (TPSA) is 54.3 Å². The minimum absolute atomic E-state index is 0.101. The van der Waals surface area contributed by atoms with Gasteiger partial charge in [0, 0.05) is 22.4 Å². The maximum absolute atomic E-state index is 14.0. The molecule has 2 aromatic carbocycles. The van der Waals surface area contributed by atoms with Gasteiger partial charge >= 0.3 is 6.18 Å². The Morgan fingerprint density at radius 1 is 1.12 bits per heavy atom. The van der Waals surface area contributed by atoms with Crippen LogP contribution < -0.4 is 10.0 Å². The summed E-state index contributed by atoms with van der Waals surface area (Å²) < 4.78 is 62.5. The van der Waals surface area contributed by atoms with Crippen LogP contribution in [0, 0.1) is 0 Å². The molecule has 0 fully saturated rings. The third-order valence-corrected chi connectivity index (χ3v) is 8.98. The summed E-state index contributed by atoms with van der Waals surface area (Å²) in [5, 5.41) is 0.723. The van der Waals surface area contributed by atoms with Crippen LogP contribution in [0.15, 0.2) is 62.1 Å². The van der Waals surface area contributed by atoms with Crippen molar-refractivity contribution in [2.24, 2.45) is 9.98 Å². The van der Waals surface area contributed by atoms with E-state index in [1.54, 1.807) is 53.6 Å². The monoisotopic (exact) mass is 601 g/mol. The number of nitrogens with zero attached hydrogens (tertiary/aromatic N) is 3. The molecule has 0 atom stereocenters. The first-order valence-electron chi connectivity index (χ1n) is 10.5. The number of alkyl halides is 3. The molecule has 2 aliphatic heterocycles. The summed E-state index contributed by atoms with van der Waals surface area (Å²) in [6.07, 6.45) is -3.90. The number of amidine groups is 2. The van der Waals surface area contributed by atoms with Crippen LogP contribution in [-0.4, -0.2) is 53.7 Å². The Hall–Kier alpha value is -2.26. The first-order valence-corrected chi connectivity index (χ1v) is 15.6. The summed E-state index contributed by atoms with van der Waals surface area (Å²) in [6.45, 7) is 4.10. The van der Waals surface area contributed by atoms with Gasteiger partial charge in [0.1, 0.15) is 24.3 Å². The summed E-state index contributed by atoms with van der Waals surface area (Å²) in [5.74, 6) is 0.832. The number of methoxy groups -OCH3 is 1. The second kappa shape index (κ2) is 9.77. The van der Waals surface area contributed by atoms with E-state index in [0.717, 1.165) is 16.4 Å². The highest BCUT2D eigenvalue weighted by molar-refractivity contribution is 14.2. The van der Waals surface area contributed by atoms with E-state index in [1.807, 2.05) is 18.2 Å². The van der Waals surface area contributed by atoms with Crippen molar-refractivity contribution < 1.29 is 22.5 Å². The molecule has 0 saturated heterocycles. The van der Waals surface area contributed by atoms with E-state index in [2.05, 4.69) is 9.98 Å². The Morgan fingerprint density at radius 2 is 1.85 bits per heavy atom. The molecule has 0 amide bonds. The zero-order chi connectivity index (χ0) is 24.5. The average molecular weight is 601 g/mol. The van der Waals surface area contributed by atoms with Gasteiger partial charge in [0.2, 0.25) is 0 Å². The summed E-state index contributed by atoms with van der Waals surface area (Å²) in [4.78, 5) is 10.6. The van der Waals surface area contributed by atoms with Crippen molar-refractivity contribution in [3.63, 3.8) is 0 Å².